The van der Waals surface area contributed by atoms with Crippen LogP contribution in [0.5, 0.6) is 0 Å². The van der Waals surface area contributed by atoms with E-state index in [-0.39, 0.29) is 11.8 Å². The third-order valence-corrected chi connectivity index (χ3v) is 7.10. The molecule has 2 saturated heterocycles. The van der Waals surface area contributed by atoms with Crippen molar-refractivity contribution in [3.63, 3.8) is 0 Å². The number of thioether (sulfide) groups is 1. The van der Waals surface area contributed by atoms with Crippen molar-refractivity contribution in [1.82, 2.24) is 4.31 Å². The summed E-state index contributed by atoms with van der Waals surface area (Å²) >= 11 is 7.92. The first-order valence-corrected chi connectivity index (χ1v) is 8.94. The Kier molecular flexibility index (Phi) is 3.34. The number of hydrogen-bond donors (Lipinski definition) is 0. The number of fused-ring (bicyclic) bond motifs is 2. The molecule has 1 aromatic rings. The summed E-state index contributed by atoms with van der Waals surface area (Å²) < 4.78 is 26.5. The van der Waals surface area contributed by atoms with Gasteiger partial charge in [0.1, 0.15) is 0 Å². The normalized spacial score (nSPS) is 27.8. The van der Waals surface area contributed by atoms with Crippen molar-refractivity contribution in [2.75, 3.05) is 12.3 Å². The van der Waals surface area contributed by atoms with Gasteiger partial charge in [-0.05, 0) is 18.1 Å². The molecule has 0 aliphatic carbocycles. The minimum Gasteiger partial charge on any atom is -0.212 e. The fourth-order valence-corrected chi connectivity index (χ4v) is 6.34. The highest BCUT2D eigenvalue weighted by molar-refractivity contribution is 8.00. The summed E-state index contributed by atoms with van der Waals surface area (Å²) in [6, 6.07) is 7.35. The van der Waals surface area contributed by atoms with E-state index in [1.165, 1.54) is 0 Å². The number of hydrogen-bond acceptors (Lipinski definition) is 3. The Morgan fingerprint density at radius 1 is 1.39 bits per heavy atom. The molecule has 0 radical (unpaired) electrons. The van der Waals surface area contributed by atoms with Crippen LogP contribution >= 0.6 is 23.4 Å². The standard InChI is InChI=1S/C12H14ClNO2S2/c13-12-4-2-1-3-9(12)8-18(15,16)14-6-11-5-10(14)7-17-11/h1-4,10-11H,5-8H2. The zero-order valence-electron chi connectivity index (χ0n) is 9.75. The van der Waals surface area contributed by atoms with Crippen molar-refractivity contribution in [2.24, 2.45) is 0 Å². The van der Waals surface area contributed by atoms with Crippen LogP contribution < -0.4 is 0 Å². The predicted molar refractivity (Wildman–Crippen MR) is 75.4 cm³/mol. The number of nitrogens with zero attached hydrogens (tertiary/aromatic N) is 1. The summed E-state index contributed by atoms with van der Waals surface area (Å²) in [7, 11) is -3.23. The van der Waals surface area contributed by atoms with Gasteiger partial charge in [0.25, 0.3) is 0 Å². The highest BCUT2D eigenvalue weighted by atomic mass is 35.5. The van der Waals surface area contributed by atoms with Gasteiger partial charge < -0.3 is 0 Å². The van der Waals surface area contributed by atoms with E-state index in [1.807, 2.05) is 23.9 Å². The van der Waals surface area contributed by atoms with E-state index in [0.29, 0.717) is 22.4 Å². The molecule has 2 atom stereocenters. The van der Waals surface area contributed by atoms with Crippen LogP contribution in [0.4, 0.5) is 0 Å². The Balaban J connectivity index is 1.82. The largest absolute Gasteiger partial charge is 0.218 e. The molecule has 2 aliphatic heterocycles. The minimum atomic E-state index is -3.23. The molecule has 18 heavy (non-hydrogen) atoms. The van der Waals surface area contributed by atoms with Crippen LogP contribution in [0.3, 0.4) is 0 Å². The molecule has 3 rings (SSSR count). The van der Waals surface area contributed by atoms with Crippen LogP contribution in [0.25, 0.3) is 0 Å². The average Bonchev–Trinajstić information content (AvgIpc) is 2.94. The second-order valence-corrected chi connectivity index (χ2v) is 8.42. The second-order valence-electron chi connectivity index (χ2n) is 4.76. The van der Waals surface area contributed by atoms with Gasteiger partial charge in [-0.2, -0.15) is 16.1 Å². The zero-order chi connectivity index (χ0) is 12.8. The van der Waals surface area contributed by atoms with Crippen LogP contribution in [-0.4, -0.2) is 36.3 Å². The Labute approximate surface area is 117 Å². The van der Waals surface area contributed by atoms with Gasteiger partial charge in [0.05, 0.1) is 5.75 Å². The summed E-state index contributed by atoms with van der Waals surface area (Å²) in [5.41, 5.74) is 0.689. The van der Waals surface area contributed by atoms with Crippen molar-refractivity contribution in [1.29, 1.82) is 0 Å². The second kappa shape index (κ2) is 4.71. The van der Waals surface area contributed by atoms with E-state index in [1.54, 1.807) is 16.4 Å². The molecule has 1 aromatic carbocycles. The Morgan fingerprint density at radius 2 is 2.17 bits per heavy atom. The molecular formula is C12H14ClNO2S2. The van der Waals surface area contributed by atoms with Crippen LogP contribution in [0.2, 0.25) is 5.02 Å². The first-order chi connectivity index (χ1) is 8.56. The Hall–Kier alpha value is -0.230. The third-order valence-electron chi connectivity index (χ3n) is 3.50. The fourth-order valence-electron chi connectivity index (χ4n) is 2.60. The predicted octanol–water partition coefficient (Wildman–Crippen LogP) is 2.36. The minimum absolute atomic E-state index is 0.0144. The van der Waals surface area contributed by atoms with E-state index in [2.05, 4.69) is 0 Å². The maximum atomic E-state index is 12.4. The number of benzene rings is 1. The molecule has 2 heterocycles. The highest BCUT2D eigenvalue weighted by Crippen LogP contribution is 2.39. The van der Waals surface area contributed by atoms with Crippen LogP contribution in [-0.2, 0) is 15.8 Å². The lowest BCUT2D eigenvalue weighted by Gasteiger charge is -2.26. The van der Waals surface area contributed by atoms with Crippen molar-refractivity contribution in [3.8, 4) is 0 Å². The molecule has 0 N–H and O–H groups in total. The van der Waals surface area contributed by atoms with Crippen molar-refractivity contribution >= 4 is 33.4 Å². The first-order valence-electron chi connectivity index (χ1n) is 5.91. The summed E-state index contributed by atoms with van der Waals surface area (Å²) in [4.78, 5) is 0. The van der Waals surface area contributed by atoms with Crippen molar-refractivity contribution in [3.05, 3.63) is 34.9 Å². The molecular weight excluding hydrogens is 290 g/mol. The monoisotopic (exact) mass is 303 g/mol. The Bertz CT molecular complexity index is 561. The SMILES string of the molecule is O=S(=O)(Cc1ccccc1Cl)N1CC2CC1CS2. The summed E-state index contributed by atoms with van der Waals surface area (Å²) in [5.74, 6) is 0.951. The molecule has 2 bridgehead atoms. The van der Waals surface area contributed by atoms with Crippen molar-refractivity contribution < 1.29 is 8.42 Å². The zero-order valence-corrected chi connectivity index (χ0v) is 12.1. The smallest absolute Gasteiger partial charge is 0.212 e. The van der Waals surface area contributed by atoms with Gasteiger partial charge in [0, 0.05) is 28.6 Å². The number of halogens is 1. The number of sulfonamides is 1. The Morgan fingerprint density at radius 3 is 2.78 bits per heavy atom. The van der Waals surface area contributed by atoms with Gasteiger partial charge in [0.2, 0.25) is 10.0 Å². The molecule has 3 nitrogen and oxygen atoms in total. The van der Waals surface area contributed by atoms with Gasteiger partial charge in [-0.3, -0.25) is 0 Å². The fraction of sp³-hybridized carbons (Fsp3) is 0.500. The van der Waals surface area contributed by atoms with E-state index < -0.39 is 10.0 Å². The van der Waals surface area contributed by atoms with Gasteiger partial charge in [-0.25, -0.2) is 8.42 Å². The molecule has 6 heteroatoms. The van der Waals surface area contributed by atoms with Gasteiger partial charge in [-0.1, -0.05) is 29.8 Å². The molecule has 0 saturated carbocycles. The lowest BCUT2D eigenvalue weighted by Crippen LogP contribution is -2.39. The van der Waals surface area contributed by atoms with Gasteiger partial charge in [0.15, 0.2) is 0 Å². The highest BCUT2D eigenvalue weighted by Gasteiger charge is 2.44. The lowest BCUT2D eigenvalue weighted by atomic mass is 10.2. The number of rotatable bonds is 3. The summed E-state index contributed by atoms with van der Waals surface area (Å²) in [5, 5.41) is 1.02. The average molecular weight is 304 g/mol. The van der Waals surface area contributed by atoms with Gasteiger partial charge in [-0.15, -0.1) is 0 Å². The van der Waals surface area contributed by atoms with Crippen molar-refractivity contribution in [2.45, 2.75) is 23.5 Å². The van der Waals surface area contributed by atoms with Crippen LogP contribution in [0.15, 0.2) is 24.3 Å². The van der Waals surface area contributed by atoms with Crippen LogP contribution in [0, 0.1) is 0 Å². The molecule has 0 amide bonds. The maximum Gasteiger partial charge on any atom is 0.218 e. The van der Waals surface area contributed by atoms with E-state index in [9.17, 15) is 8.42 Å². The van der Waals surface area contributed by atoms with E-state index in [0.717, 1.165) is 12.2 Å². The van der Waals surface area contributed by atoms with Gasteiger partial charge >= 0.3 is 0 Å². The summed E-state index contributed by atoms with van der Waals surface area (Å²) in [6.45, 7) is 0.669. The lowest BCUT2D eigenvalue weighted by molar-refractivity contribution is 0.409. The molecule has 0 aromatic heterocycles. The van der Waals surface area contributed by atoms with E-state index >= 15 is 0 Å². The molecule has 2 fully saturated rings. The van der Waals surface area contributed by atoms with E-state index in [4.69, 9.17) is 11.6 Å². The third kappa shape index (κ3) is 2.29. The quantitative estimate of drug-likeness (QED) is 0.860. The summed E-state index contributed by atoms with van der Waals surface area (Å²) in [6.07, 6.45) is 1.01. The molecule has 2 unspecified atom stereocenters. The van der Waals surface area contributed by atoms with Crippen LogP contribution in [0.1, 0.15) is 12.0 Å². The maximum absolute atomic E-state index is 12.4. The molecule has 98 valence electrons. The topological polar surface area (TPSA) is 37.4 Å². The first kappa shape index (κ1) is 12.8. The molecule has 2 aliphatic rings. The molecule has 0 spiro atoms.